The third-order valence-electron chi connectivity index (χ3n) is 3.96. The maximum atomic E-state index is 12.3. The molecule has 1 N–H and O–H groups in total. The minimum Gasteiger partial charge on any atom is -0.335 e. The number of hydrogen-bond acceptors (Lipinski definition) is 3. The number of rotatable bonds is 4. The Kier molecular flexibility index (Phi) is 5.04. The van der Waals surface area contributed by atoms with Crippen LogP contribution in [0.15, 0.2) is 12.2 Å². The molecule has 1 heterocycles. The van der Waals surface area contributed by atoms with Gasteiger partial charge in [-0.1, -0.05) is 26.0 Å². The van der Waals surface area contributed by atoms with Crippen LogP contribution < -0.4 is 5.32 Å². The van der Waals surface area contributed by atoms with E-state index in [9.17, 15) is 4.79 Å². The molecule has 0 bridgehead atoms. The summed E-state index contributed by atoms with van der Waals surface area (Å²) in [5.41, 5.74) is 1.04. The van der Waals surface area contributed by atoms with Gasteiger partial charge in [-0.15, -0.1) is 11.3 Å². The molecule has 21 heavy (non-hydrogen) atoms. The fourth-order valence-corrected chi connectivity index (χ4v) is 3.59. The van der Waals surface area contributed by atoms with E-state index in [-0.39, 0.29) is 18.1 Å². The number of nitrogens with one attached hydrogen (secondary N) is 1. The van der Waals surface area contributed by atoms with Gasteiger partial charge in [0.1, 0.15) is 0 Å². The molecule has 1 aromatic heterocycles. The Labute approximate surface area is 131 Å². The number of hydrogen-bond donors (Lipinski definition) is 1. The fourth-order valence-electron chi connectivity index (χ4n) is 2.43. The fraction of sp³-hybridized carbons (Fsp3) is 0.625. The van der Waals surface area contributed by atoms with Crippen molar-refractivity contribution >= 4 is 17.4 Å². The summed E-state index contributed by atoms with van der Waals surface area (Å²) < 4.78 is 0. The summed E-state index contributed by atoms with van der Waals surface area (Å²) in [4.78, 5) is 19.9. The zero-order valence-corrected chi connectivity index (χ0v) is 14.3. The van der Waals surface area contributed by atoms with Gasteiger partial charge in [0.25, 0.3) is 0 Å². The van der Waals surface area contributed by atoms with Crippen molar-refractivity contribution < 1.29 is 4.79 Å². The highest BCUT2D eigenvalue weighted by Crippen LogP contribution is 2.31. The molecule has 1 atom stereocenters. The minimum atomic E-state index is -0.00454. The summed E-state index contributed by atoms with van der Waals surface area (Å²) in [5, 5.41) is 4.23. The Bertz CT molecular complexity index is 528. The van der Waals surface area contributed by atoms with Gasteiger partial charge in [0.05, 0.1) is 16.7 Å². The van der Waals surface area contributed by atoms with E-state index in [0.717, 1.165) is 23.5 Å². The van der Waals surface area contributed by atoms with Crippen LogP contribution in [-0.2, 0) is 0 Å². The van der Waals surface area contributed by atoms with Gasteiger partial charge in [-0.3, -0.25) is 0 Å². The number of aromatic nitrogens is 1. The van der Waals surface area contributed by atoms with Crippen molar-refractivity contribution in [2.75, 3.05) is 7.05 Å². The SMILES string of the molecule is Cc1nc(C(C)C)sc1[C@H](C)N(C)C(=O)NC1CC=CC1. The first-order chi connectivity index (χ1) is 9.90. The molecule has 0 saturated heterocycles. The third kappa shape index (κ3) is 3.64. The largest absolute Gasteiger partial charge is 0.335 e. The van der Waals surface area contributed by atoms with Gasteiger partial charge >= 0.3 is 6.03 Å². The maximum Gasteiger partial charge on any atom is 0.317 e. The van der Waals surface area contributed by atoms with Gasteiger partial charge < -0.3 is 10.2 Å². The lowest BCUT2D eigenvalue weighted by Crippen LogP contribution is -2.43. The molecule has 0 unspecified atom stereocenters. The number of aryl methyl sites for hydroxylation is 1. The minimum absolute atomic E-state index is 0.00454. The molecule has 0 spiro atoms. The lowest BCUT2D eigenvalue weighted by Gasteiger charge is -2.26. The zero-order chi connectivity index (χ0) is 15.6. The third-order valence-corrected chi connectivity index (χ3v) is 5.59. The lowest BCUT2D eigenvalue weighted by molar-refractivity contribution is 0.191. The molecular weight excluding hydrogens is 282 g/mol. The molecular formula is C16H25N3OS. The molecule has 0 aromatic carbocycles. The number of carbonyl (C=O) groups excluding carboxylic acids is 1. The van der Waals surface area contributed by atoms with Crippen LogP contribution in [0.1, 0.15) is 61.2 Å². The molecule has 1 aromatic rings. The Balaban J connectivity index is 2.04. The van der Waals surface area contributed by atoms with Crippen molar-refractivity contribution in [3.05, 3.63) is 27.7 Å². The molecule has 2 rings (SSSR count). The van der Waals surface area contributed by atoms with Gasteiger partial charge in [-0.05, 0) is 26.7 Å². The summed E-state index contributed by atoms with van der Waals surface area (Å²) in [6.07, 6.45) is 6.11. The van der Waals surface area contributed by atoms with Gasteiger partial charge in [0.15, 0.2) is 0 Å². The highest BCUT2D eigenvalue weighted by atomic mass is 32.1. The van der Waals surface area contributed by atoms with Crippen LogP contribution in [0.2, 0.25) is 0 Å². The van der Waals surface area contributed by atoms with E-state index in [0.29, 0.717) is 5.92 Å². The van der Waals surface area contributed by atoms with Gasteiger partial charge in [0.2, 0.25) is 0 Å². The van der Waals surface area contributed by atoms with Crippen molar-refractivity contribution in [2.24, 2.45) is 0 Å². The predicted molar refractivity (Wildman–Crippen MR) is 87.8 cm³/mol. The van der Waals surface area contributed by atoms with Crippen LogP contribution in [-0.4, -0.2) is 29.0 Å². The smallest absolute Gasteiger partial charge is 0.317 e. The molecule has 0 saturated carbocycles. The monoisotopic (exact) mass is 307 g/mol. The van der Waals surface area contributed by atoms with E-state index >= 15 is 0 Å². The maximum absolute atomic E-state index is 12.3. The number of nitrogens with zero attached hydrogens (tertiary/aromatic N) is 2. The van der Waals surface area contributed by atoms with Gasteiger partial charge in [-0.2, -0.15) is 0 Å². The normalized spacial score (nSPS) is 16.5. The first-order valence-corrected chi connectivity index (χ1v) is 8.37. The van der Waals surface area contributed by atoms with Gasteiger partial charge in [-0.25, -0.2) is 9.78 Å². The van der Waals surface area contributed by atoms with Crippen molar-refractivity contribution in [1.29, 1.82) is 0 Å². The van der Waals surface area contributed by atoms with Crippen LogP contribution in [0, 0.1) is 6.92 Å². The zero-order valence-electron chi connectivity index (χ0n) is 13.5. The summed E-state index contributed by atoms with van der Waals surface area (Å²) in [5.74, 6) is 0.429. The van der Waals surface area contributed by atoms with Crippen molar-refractivity contribution in [3.8, 4) is 0 Å². The summed E-state index contributed by atoms with van der Waals surface area (Å²) in [6, 6.07) is 0.292. The Hall–Kier alpha value is -1.36. The van der Waals surface area contributed by atoms with Crippen LogP contribution in [0.5, 0.6) is 0 Å². The van der Waals surface area contributed by atoms with E-state index in [1.54, 1.807) is 16.2 Å². The topological polar surface area (TPSA) is 45.2 Å². The average Bonchev–Trinajstić information content (AvgIpc) is 3.06. The van der Waals surface area contributed by atoms with Gasteiger partial charge in [0, 0.05) is 23.9 Å². The Morgan fingerprint density at radius 1 is 1.38 bits per heavy atom. The second-order valence-electron chi connectivity index (χ2n) is 6.03. The average molecular weight is 307 g/mol. The first-order valence-electron chi connectivity index (χ1n) is 7.55. The van der Waals surface area contributed by atoms with Crippen LogP contribution in [0.4, 0.5) is 4.79 Å². The molecule has 0 fully saturated rings. The summed E-state index contributed by atoms with van der Waals surface area (Å²) in [7, 11) is 1.86. The van der Waals surface area contributed by atoms with E-state index in [1.807, 2.05) is 14.0 Å². The van der Waals surface area contributed by atoms with Crippen LogP contribution in [0.25, 0.3) is 0 Å². The van der Waals surface area contributed by atoms with E-state index in [4.69, 9.17) is 0 Å². The number of amides is 2. The van der Waals surface area contributed by atoms with Crippen molar-refractivity contribution in [1.82, 2.24) is 15.2 Å². The van der Waals surface area contributed by atoms with Crippen molar-refractivity contribution in [3.63, 3.8) is 0 Å². The molecule has 0 aliphatic heterocycles. The Morgan fingerprint density at radius 2 is 2.00 bits per heavy atom. The molecule has 5 heteroatoms. The second kappa shape index (κ2) is 6.60. The van der Waals surface area contributed by atoms with E-state index in [1.165, 1.54) is 4.88 Å². The number of carbonyl (C=O) groups is 1. The van der Waals surface area contributed by atoms with Crippen LogP contribution >= 0.6 is 11.3 Å². The number of thiazole rings is 1. The Morgan fingerprint density at radius 3 is 2.52 bits per heavy atom. The predicted octanol–water partition coefficient (Wildman–Crippen LogP) is 4.00. The molecule has 2 amide bonds. The highest BCUT2D eigenvalue weighted by molar-refractivity contribution is 7.11. The lowest BCUT2D eigenvalue weighted by atomic mass is 10.2. The quantitative estimate of drug-likeness (QED) is 0.855. The summed E-state index contributed by atoms with van der Waals surface area (Å²) in [6.45, 7) is 8.39. The van der Waals surface area contributed by atoms with Crippen molar-refractivity contribution in [2.45, 2.75) is 58.5 Å². The van der Waals surface area contributed by atoms with E-state index in [2.05, 4.69) is 43.2 Å². The van der Waals surface area contributed by atoms with Crippen LogP contribution in [0.3, 0.4) is 0 Å². The summed E-state index contributed by atoms with van der Waals surface area (Å²) >= 11 is 1.72. The molecule has 1 aliphatic rings. The molecule has 1 aliphatic carbocycles. The number of urea groups is 1. The first kappa shape index (κ1) is 16.0. The van der Waals surface area contributed by atoms with E-state index < -0.39 is 0 Å². The molecule has 0 radical (unpaired) electrons. The molecule has 4 nitrogen and oxygen atoms in total. The highest BCUT2D eigenvalue weighted by Gasteiger charge is 2.24. The molecule has 116 valence electrons. The second-order valence-corrected chi connectivity index (χ2v) is 7.09. The standard InChI is InChI=1S/C16H25N3OS/c1-10(2)15-17-11(3)14(21-15)12(4)19(5)16(20)18-13-8-6-7-9-13/h6-7,10,12-13H,8-9H2,1-5H3,(H,18,20)/t12-/m0/s1.